The molecule has 1 aliphatic rings. The first-order chi connectivity index (χ1) is 17.3. The molecule has 2 aromatic heterocycles. The SMILES string of the molecule is CCOc1c(C(C)n2nc(C(F)F)c3c(N)ncnc32)cc(Cl)c(F)c1C1CN(OC(=O)C(C)(C)C)C1. The Morgan fingerprint density at radius 1 is 1.30 bits per heavy atom. The Balaban J connectivity index is 1.76. The first-order valence-corrected chi connectivity index (χ1v) is 12.1. The van der Waals surface area contributed by atoms with E-state index in [-0.39, 0.29) is 58.8 Å². The highest BCUT2D eigenvalue weighted by molar-refractivity contribution is 6.31. The Morgan fingerprint density at radius 2 is 1.97 bits per heavy atom. The summed E-state index contributed by atoms with van der Waals surface area (Å²) in [5.41, 5.74) is 5.36. The minimum absolute atomic E-state index is 0.0500. The molecule has 4 rings (SSSR count). The highest BCUT2D eigenvalue weighted by Crippen LogP contribution is 2.44. The van der Waals surface area contributed by atoms with E-state index in [9.17, 15) is 13.6 Å². The number of alkyl halides is 2. The van der Waals surface area contributed by atoms with E-state index in [1.807, 2.05) is 0 Å². The largest absolute Gasteiger partial charge is 0.493 e. The van der Waals surface area contributed by atoms with Crippen LogP contribution in [0.4, 0.5) is 19.0 Å². The van der Waals surface area contributed by atoms with Gasteiger partial charge in [0.15, 0.2) is 5.65 Å². The van der Waals surface area contributed by atoms with Gasteiger partial charge in [0.1, 0.15) is 29.4 Å². The number of halogens is 4. The van der Waals surface area contributed by atoms with Crippen LogP contribution in [-0.2, 0) is 9.63 Å². The number of fused-ring (bicyclic) bond motifs is 1. The van der Waals surface area contributed by atoms with Crippen LogP contribution in [0.25, 0.3) is 11.0 Å². The Morgan fingerprint density at radius 3 is 2.57 bits per heavy atom. The zero-order valence-corrected chi connectivity index (χ0v) is 21.8. The monoisotopic (exact) mass is 540 g/mol. The lowest BCUT2D eigenvalue weighted by atomic mass is 9.89. The fourth-order valence-corrected chi connectivity index (χ4v) is 4.38. The maximum atomic E-state index is 15.4. The van der Waals surface area contributed by atoms with Gasteiger partial charge in [0.05, 0.1) is 28.5 Å². The standard InChI is InChI=1S/C24H28ClF3N6O3/c1-6-36-19-13(11(2)34-22-16(18(32-34)20(27)28)21(29)30-10-31-22)7-14(25)17(26)15(19)12-8-33(9-12)37-23(35)24(3,4)5/h7,10-12,20H,6,8-9H2,1-5H3,(H2,29,30,31). The fraction of sp³-hybridized carbons (Fsp3) is 0.500. The average molecular weight is 541 g/mol. The predicted octanol–water partition coefficient (Wildman–Crippen LogP) is 5.05. The van der Waals surface area contributed by atoms with Crippen LogP contribution in [0.15, 0.2) is 12.4 Å². The Labute approximate surface area is 216 Å². The van der Waals surface area contributed by atoms with E-state index in [1.165, 1.54) is 15.8 Å². The van der Waals surface area contributed by atoms with Crippen molar-refractivity contribution in [2.24, 2.45) is 5.41 Å². The summed E-state index contributed by atoms with van der Waals surface area (Å²) >= 11 is 6.30. The van der Waals surface area contributed by atoms with Crippen LogP contribution in [-0.4, -0.2) is 50.5 Å². The van der Waals surface area contributed by atoms with Crippen LogP contribution in [0.1, 0.15) is 69.8 Å². The third-order valence-electron chi connectivity index (χ3n) is 6.17. The number of carbonyl (C=O) groups excluding carboxylic acids is 1. The van der Waals surface area contributed by atoms with Gasteiger partial charge in [-0.1, -0.05) is 11.6 Å². The molecule has 1 aliphatic heterocycles. The fourth-order valence-electron chi connectivity index (χ4n) is 4.16. The molecule has 0 spiro atoms. The molecule has 13 heteroatoms. The quantitative estimate of drug-likeness (QED) is 0.443. The molecule has 0 bridgehead atoms. The second kappa shape index (κ2) is 9.97. The van der Waals surface area contributed by atoms with Gasteiger partial charge in [0.2, 0.25) is 0 Å². The molecule has 0 aliphatic carbocycles. The second-order valence-corrected chi connectivity index (χ2v) is 10.3. The summed E-state index contributed by atoms with van der Waals surface area (Å²) in [5.74, 6) is -1.34. The molecule has 3 heterocycles. The van der Waals surface area contributed by atoms with Crippen molar-refractivity contribution in [3.05, 3.63) is 40.1 Å². The number of aromatic nitrogens is 4. The van der Waals surface area contributed by atoms with Crippen LogP contribution in [0, 0.1) is 11.2 Å². The van der Waals surface area contributed by atoms with Gasteiger partial charge in [0.25, 0.3) is 6.43 Å². The summed E-state index contributed by atoms with van der Waals surface area (Å²) in [7, 11) is 0. The van der Waals surface area contributed by atoms with Gasteiger partial charge < -0.3 is 15.3 Å². The smallest absolute Gasteiger partial charge is 0.330 e. The van der Waals surface area contributed by atoms with Gasteiger partial charge >= 0.3 is 5.97 Å². The molecule has 1 unspecified atom stereocenters. The first-order valence-electron chi connectivity index (χ1n) is 11.7. The molecule has 1 atom stereocenters. The van der Waals surface area contributed by atoms with Crippen LogP contribution in [0.3, 0.4) is 0 Å². The number of carbonyl (C=O) groups is 1. The van der Waals surface area contributed by atoms with Gasteiger partial charge in [-0.05, 0) is 40.7 Å². The number of nitrogen functional groups attached to an aromatic ring is 1. The Hall–Kier alpha value is -3.12. The lowest BCUT2D eigenvalue weighted by Gasteiger charge is -2.39. The Kier molecular flexibility index (Phi) is 7.26. The van der Waals surface area contributed by atoms with E-state index in [4.69, 9.17) is 26.9 Å². The molecule has 2 N–H and O–H groups in total. The van der Waals surface area contributed by atoms with E-state index in [1.54, 1.807) is 34.6 Å². The van der Waals surface area contributed by atoms with E-state index in [0.29, 0.717) is 5.56 Å². The second-order valence-electron chi connectivity index (χ2n) is 9.87. The number of anilines is 1. The number of hydroxylamine groups is 2. The molecule has 0 saturated carbocycles. The van der Waals surface area contributed by atoms with E-state index in [0.717, 1.165) is 6.33 Å². The Bertz CT molecular complexity index is 1340. The highest BCUT2D eigenvalue weighted by atomic mass is 35.5. The zero-order valence-electron chi connectivity index (χ0n) is 21.1. The van der Waals surface area contributed by atoms with E-state index < -0.39 is 35.4 Å². The van der Waals surface area contributed by atoms with Crippen molar-refractivity contribution >= 4 is 34.4 Å². The van der Waals surface area contributed by atoms with Crippen molar-refractivity contribution in [2.45, 2.75) is 53.0 Å². The molecule has 3 aromatic rings. The van der Waals surface area contributed by atoms with Crippen molar-refractivity contribution in [1.82, 2.24) is 24.8 Å². The minimum Gasteiger partial charge on any atom is -0.493 e. The lowest BCUT2D eigenvalue weighted by Crippen LogP contribution is -2.48. The zero-order chi connectivity index (χ0) is 27.2. The molecule has 1 fully saturated rings. The van der Waals surface area contributed by atoms with Gasteiger partial charge in [-0.25, -0.2) is 32.6 Å². The minimum atomic E-state index is -2.92. The van der Waals surface area contributed by atoms with E-state index >= 15 is 4.39 Å². The third kappa shape index (κ3) is 4.91. The molecular formula is C24H28ClF3N6O3. The summed E-state index contributed by atoms with van der Waals surface area (Å²) < 4.78 is 50.1. The summed E-state index contributed by atoms with van der Waals surface area (Å²) in [5, 5.41) is 5.32. The number of ether oxygens (including phenoxy) is 1. The third-order valence-corrected chi connectivity index (χ3v) is 6.45. The molecular weight excluding hydrogens is 513 g/mol. The highest BCUT2D eigenvalue weighted by Gasteiger charge is 2.39. The van der Waals surface area contributed by atoms with Crippen molar-refractivity contribution < 1.29 is 27.5 Å². The summed E-state index contributed by atoms with van der Waals surface area (Å²) in [4.78, 5) is 25.5. The van der Waals surface area contributed by atoms with Crippen LogP contribution < -0.4 is 10.5 Å². The molecule has 1 aromatic carbocycles. The van der Waals surface area contributed by atoms with Gasteiger partial charge in [0, 0.05) is 30.1 Å². The van der Waals surface area contributed by atoms with Crippen molar-refractivity contribution in [3.63, 3.8) is 0 Å². The molecule has 0 radical (unpaired) electrons. The van der Waals surface area contributed by atoms with Crippen LogP contribution >= 0.6 is 11.6 Å². The lowest BCUT2D eigenvalue weighted by molar-refractivity contribution is -0.221. The molecule has 9 nitrogen and oxygen atoms in total. The summed E-state index contributed by atoms with van der Waals surface area (Å²) in [6.07, 6.45) is -1.76. The number of rotatable bonds is 7. The van der Waals surface area contributed by atoms with Crippen LogP contribution in [0.5, 0.6) is 5.75 Å². The topological polar surface area (TPSA) is 108 Å². The molecule has 0 amide bonds. The number of hydrogen-bond acceptors (Lipinski definition) is 8. The summed E-state index contributed by atoms with van der Waals surface area (Å²) in [6, 6.07) is 0.657. The number of nitrogens with zero attached hydrogens (tertiary/aromatic N) is 5. The number of benzene rings is 1. The normalized spacial score (nSPS) is 15.7. The number of nitrogens with two attached hydrogens (primary N) is 1. The van der Waals surface area contributed by atoms with Crippen molar-refractivity contribution in [2.75, 3.05) is 25.4 Å². The van der Waals surface area contributed by atoms with Crippen molar-refractivity contribution in [3.8, 4) is 5.75 Å². The maximum Gasteiger partial charge on any atom is 0.330 e. The molecule has 200 valence electrons. The molecule has 37 heavy (non-hydrogen) atoms. The molecule has 1 saturated heterocycles. The maximum absolute atomic E-state index is 15.4. The van der Waals surface area contributed by atoms with E-state index in [2.05, 4.69) is 15.1 Å². The number of hydrogen-bond donors (Lipinski definition) is 1. The summed E-state index contributed by atoms with van der Waals surface area (Å²) in [6.45, 7) is 9.32. The average Bonchev–Trinajstić information content (AvgIpc) is 3.19. The predicted molar refractivity (Wildman–Crippen MR) is 131 cm³/mol. The van der Waals surface area contributed by atoms with Gasteiger partial charge in [-0.2, -0.15) is 5.10 Å². The van der Waals surface area contributed by atoms with Gasteiger partial charge in [-0.3, -0.25) is 0 Å². The van der Waals surface area contributed by atoms with Crippen molar-refractivity contribution in [1.29, 1.82) is 0 Å². The first kappa shape index (κ1) is 26.9. The van der Waals surface area contributed by atoms with Crippen LogP contribution in [0.2, 0.25) is 5.02 Å². The van der Waals surface area contributed by atoms with Gasteiger partial charge in [-0.15, -0.1) is 5.06 Å².